The molecule has 0 aromatic carbocycles. The van der Waals surface area contributed by atoms with Crippen molar-refractivity contribution in [2.45, 2.75) is 103 Å². The van der Waals surface area contributed by atoms with Crippen LogP contribution >= 0.6 is 7.82 Å². The van der Waals surface area contributed by atoms with Crippen molar-refractivity contribution in [1.29, 1.82) is 0 Å². The van der Waals surface area contributed by atoms with Crippen molar-refractivity contribution in [2.75, 3.05) is 54.1 Å². The Morgan fingerprint density at radius 3 is 1.69 bits per heavy atom. The number of ether oxygens (including phenoxy) is 1. The van der Waals surface area contributed by atoms with E-state index in [1.165, 1.54) is 77.0 Å². The third kappa shape index (κ3) is 23.2. The van der Waals surface area contributed by atoms with Crippen molar-refractivity contribution in [3.8, 4) is 0 Å². The highest BCUT2D eigenvalue weighted by Gasteiger charge is 2.16. The van der Waals surface area contributed by atoms with Crippen molar-refractivity contribution in [3.63, 3.8) is 0 Å². The fourth-order valence-corrected chi connectivity index (χ4v) is 4.07. The molecule has 0 fully saturated rings. The monoisotopic (exact) mass is 481 g/mol. The summed E-state index contributed by atoms with van der Waals surface area (Å²) in [6, 6.07) is 0. The predicted molar refractivity (Wildman–Crippen MR) is 130 cm³/mol. The van der Waals surface area contributed by atoms with Crippen molar-refractivity contribution >= 4 is 7.82 Å². The lowest BCUT2D eigenvalue weighted by atomic mass is 10.0. The first-order valence-corrected chi connectivity index (χ1v) is 14.3. The quantitative estimate of drug-likeness (QED) is 0.118. The molecule has 0 aliphatic rings. The summed E-state index contributed by atoms with van der Waals surface area (Å²) in [5.74, 6) is 0. The summed E-state index contributed by atoms with van der Waals surface area (Å²) in [5, 5.41) is 9.38. The molecule has 0 saturated carbocycles. The molecule has 0 amide bonds. The second-order valence-corrected chi connectivity index (χ2v) is 11.3. The zero-order valence-corrected chi connectivity index (χ0v) is 22.3. The van der Waals surface area contributed by atoms with Crippen LogP contribution < -0.4 is 4.89 Å². The SMILES string of the molecule is CCCCCCCCCCCCCCCCO[C@H](CO)COP(=O)([O-])OCC[N+](C)(C)C. The fraction of sp³-hybridized carbons (Fsp3) is 1.00. The molecular weight excluding hydrogens is 429 g/mol. The number of likely N-dealkylation sites (N-methyl/N-ethyl adjacent to an activating group) is 1. The highest BCUT2D eigenvalue weighted by Crippen LogP contribution is 2.38. The first-order chi connectivity index (χ1) is 15.2. The Morgan fingerprint density at radius 1 is 0.781 bits per heavy atom. The zero-order valence-electron chi connectivity index (χ0n) is 21.4. The van der Waals surface area contributed by atoms with Crippen LogP contribution in [-0.4, -0.2) is 69.8 Å². The third-order valence-electron chi connectivity index (χ3n) is 5.49. The van der Waals surface area contributed by atoms with Gasteiger partial charge in [0.25, 0.3) is 7.82 Å². The molecule has 0 heterocycles. The normalized spacial score (nSPS) is 15.1. The predicted octanol–water partition coefficient (Wildman–Crippen LogP) is 5.05. The van der Waals surface area contributed by atoms with Gasteiger partial charge in [-0.15, -0.1) is 0 Å². The molecule has 0 aromatic rings. The highest BCUT2D eigenvalue weighted by molar-refractivity contribution is 7.45. The number of nitrogens with zero attached hydrogens (tertiary/aromatic N) is 1. The molecule has 194 valence electrons. The molecule has 0 aromatic heterocycles. The van der Waals surface area contributed by atoms with Crippen molar-refractivity contribution in [2.24, 2.45) is 0 Å². The molecule has 0 radical (unpaired) electrons. The van der Waals surface area contributed by atoms with Crippen LogP contribution in [0, 0.1) is 0 Å². The molecule has 8 heteroatoms. The Bertz CT molecular complexity index is 458. The smallest absolute Gasteiger partial charge is 0.268 e. The number of rotatable bonds is 24. The van der Waals surface area contributed by atoms with Crippen LogP contribution in [0.5, 0.6) is 0 Å². The molecule has 0 saturated heterocycles. The first kappa shape index (κ1) is 32.0. The standard InChI is InChI=1S/C24H52NO6P/c1-5-6-7-8-9-10-11-12-13-14-15-16-17-18-20-29-24(22-26)23-31-32(27,28)30-21-19-25(2,3)4/h24,26H,5-23H2,1-4H3/t24-/m1/s1. The minimum Gasteiger partial charge on any atom is -0.756 e. The Balaban J connectivity index is 3.56. The van der Waals surface area contributed by atoms with Gasteiger partial charge in [0.2, 0.25) is 0 Å². The minimum absolute atomic E-state index is 0.0635. The molecule has 0 spiro atoms. The van der Waals surface area contributed by atoms with E-state index in [1.807, 2.05) is 21.1 Å². The molecule has 1 N–H and O–H groups in total. The van der Waals surface area contributed by atoms with E-state index in [2.05, 4.69) is 6.92 Å². The van der Waals surface area contributed by atoms with E-state index in [0.29, 0.717) is 17.6 Å². The van der Waals surface area contributed by atoms with Crippen molar-refractivity contribution in [3.05, 3.63) is 0 Å². The molecule has 7 nitrogen and oxygen atoms in total. The number of aliphatic hydroxyl groups excluding tert-OH is 1. The van der Waals surface area contributed by atoms with Gasteiger partial charge in [-0.3, -0.25) is 4.57 Å². The fourth-order valence-electron chi connectivity index (χ4n) is 3.34. The maximum atomic E-state index is 11.8. The van der Waals surface area contributed by atoms with Gasteiger partial charge in [0, 0.05) is 6.61 Å². The van der Waals surface area contributed by atoms with Crippen LogP contribution in [0.25, 0.3) is 0 Å². The third-order valence-corrected chi connectivity index (χ3v) is 6.45. The van der Waals surface area contributed by atoms with Crippen LogP contribution in [0.2, 0.25) is 0 Å². The lowest BCUT2D eigenvalue weighted by Gasteiger charge is -2.28. The van der Waals surface area contributed by atoms with Gasteiger partial charge in [0.1, 0.15) is 19.3 Å². The van der Waals surface area contributed by atoms with Crippen LogP contribution in [0.4, 0.5) is 0 Å². The van der Waals surface area contributed by atoms with E-state index in [4.69, 9.17) is 13.8 Å². The number of aliphatic hydroxyl groups is 1. The summed E-state index contributed by atoms with van der Waals surface area (Å²) in [6.45, 7) is 2.87. The van der Waals surface area contributed by atoms with Gasteiger partial charge in [0.05, 0.1) is 34.4 Å². The van der Waals surface area contributed by atoms with Crippen LogP contribution in [0.3, 0.4) is 0 Å². The van der Waals surface area contributed by atoms with Crippen LogP contribution in [0.1, 0.15) is 96.8 Å². The zero-order chi connectivity index (χ0) is 24.1. The Hall–Kier alpha value is -0.0100. The van der Waals surface area contributed by atoms with Gasteiger partial charge in [-0.25, -0.2) is 0 Å². The molecule has 2 atom stereocenters. The average Bonchev–Trinajstić information content (AvgIpc) is 2.72. The Kier molecular flexibility index (Phi) is 20.4. The maximum Gasteiger partial charge on any atom is 0.268 e. The maximum absolute atomic E-state index is 11.8. The summed E-state index contributed by atoms with van der Waals surface area (Å²) in [6.07, 6.45) is 17.5. The second kappa shape index (κ2) is 20.4. The second-order valence-electron chi connectivity index (χ2n) is 9.86. The van der Waals surface area contributed by atoms with E-state index in [-0.39, 0.29) is 19.8 Å². The van der Waals surface area contributed by atoms with Crippen molar-refractivity contribution in [1.82, 2.24) is 0 Å². The topological polar surface area (TPSA) is 88.0 Å². The molecule has 0 aliphatic carbocycles. The summed E-state index contributed by atoms with van der Waals surface area (Å²) >= 11 is 0. The van der Waals surface area contributed by atoms with Crippen LogP contribution in [0.15, 0.2) is 0 Å². The van der Waals surface area contributed by atoms with Crippen molar-refractivity contribution < 1.29 is 32.8 Å². The first-order valence-electron chi connectivity index (χ1n) is 12.8. The number of hydrogen-bond acceptors (Lipinski definition) is 6. The van der Waals surface area contributed by atoms with E-state index in [0.717, 1.165) is 12.8 Å². The van der Waals surface area contributed by atoms with E-state index in [9.17, 15) is 14.6 Å². The summed E-state index contributed by atoms with van der Waals surface area (Å²) in [5.41, 5.74) is 0. The van der Waals surface area contributed by atoms with E-state index in [1.54, 1.807) is 0 Å². The van der Waals surface area contributed by atoms with Gasteiger partial charge >= 0.3 is 0 Å². The Morgan fingerprint density at radius 2 is 1.25 bits per heavy atom. The number of unbranched alkanes of at least 4 members (excludes halogenated alkanes) is 13. The summed E-state index contributed by atoms with van der Waals surface area (Å²) < 4.78 is 27.7. The van der Waals surface area contributed by atoms with Crippen LogP contribution in [-0.2, 0) is 18.3 Å². The van der Waals surface area contributed by atoms with Gasteiger partial charge in [-0.1, -0.05) is 90.4 Å². The Labute approximate surface area is 198 Å². The van der Waals surface area contributed by atoms with E-state index >= 15 is 0 Å². The molecule has 0 rings (SSSR count). The molecule has 1 unspecified atom stereocenters. The van der Waals surface area contributed by atoms with Gasteiger partial charge in [0.15, 0.2) is 0 Å². The number of quaternary nitrogens is 1. The number of phosphoric ester groups is 1. The lowest BCUT2D eigenvalue weighted by molar-refractivity contribution is -0.870. The highest BCUT2D eigenvalue weighted by atomic mass is 31.2. The number of phosphoric acid groups is 1. The average molecular weight is 482 g/mol. The van der Waals surface area contributed by atoms with Gasteiger partial charge in [-0.05, 0) is 6.42 Å². The lowest BCUT2D eigenvalue weighted by Crippen LogP contribution is -2.37. The molecule has 0 bridgehead atoms. The van der Waals surface area contributed by atoms with Gasteiger partial charge in [-0.2, -0.15) is 0 Å². The molecule has 0 aliphatic heterocycles. The molecule has 32 heavy (non-hydrogen) atoms. The summed E-state index contributed by atoms with van der Waals surface area (Å²) in [7, 11) is 1.48. The molecular formula is C24H52NO6P. The van der Waals surface area contributed by atoms with E-state index < -0.39 is 13.9 Å². The number of hydrogen-bond donors (Lipinski definition) is 1. The summed E-state index contributed by atoms with van der Waals surface area (Å²) in [4.78, 5) is 11.8. The minimum atomic E-state index is -4.37. The van der Waals surface area contributed by atoms with Gasteiger partial charge < -0.3 is 28.3 Å². The largest absolute Gasteiger partial charge is 0.756 e.